The lowest BCUT2D eigenvalue weighted by atomic mass is 10.1. The Morgan fingerprint density at radius 2 is 1.69 bits per heavy atom. The molecule has 0 saturated heterocycles. The molecule has 154 valence electrons. The van der Waals surface area contributed by atoms with E-state index in [2.05, 4.69) is 10.2 Å². The maximum Gasteiger partial charge on any atom is 0.297 e. The van der Waals surface area contributed by atoms with Gasteiger partial charge in [-0.3, -0.25) is 4.18 Å². The van der Waals surface area contributed by atoms with E-state index >= 15 is 0 Å². The summed E-state index contributed by atoms with van der Waals surface area (Å²) in [5.41, 5.74) is 1.54. The van der Waals surface area contributed by atoms with Gasteiger partial charge in [0.2, 0.25) is 0 Å². The zero-order valence-corrected chi connectivity index (χ0v) is 16.3. The fourth-order valence-electron chi connectivity index (χ4n) is 2.51. The van der Waals surface area contributed by atoms with E-state index in [4.69, 9.17) is 4.18 Å². The average Bonchev–Trinajstić information content (AvgIpc) is 3.22. The molecule has 0 spiro atoms. The van der Waals surface area contributed by atoms with Crippen LogP contribution in [0.1, 0.15) is 17.4 Å². The first-order chi connectivity index (χ1) is 13.8. The van der Waals surface area contributed by atoms with Gasteiger partial charge in [0, 0.05) is 0 Å². The maximum atomic E-state index is 12.2. The van der Waals surface area contributed by atoms with Gasteiger partial charge >= 0.3 is 0 Å². The lowest BCUT2D eigenvalue weighted by molar-refractivity contribution is -0.0749. The zero-order valence-electron chi connectivity index (χ0n) is 15.5. The number of aromatic nitrogens is 3. The predicted octanol–water partition coefficient (Wildman–Crippen LogP) is 0.736. The Hall–Kier alpha value is -2.63. The number of rotatable bonds is 8. The Morgan fingerprint density at radius 1 is 1.03 bits per heavy atom. The summed E-state index contributed by atoms with van der Waals surface area (Å²) in [6, 6.07) is 14.9. The van der Waals surface area contributed by atoms with Gasteiger partial charge in [0.25, 0.3) is 10.1 Å². The van der Waals surface area contributed by atoms with Crippen LogP contribution in [0.3, 0.4) is 0 Å². The van der Waals surface area contributed by atoms with Crippen molar-refractivity contribution in [2.45, 2.75) is 30.1 Å². The molecule has 0 fully saturated rings. The van der Waals surface area contributed by atoms with E-state index in [1.807, 2.05) is 13.0 Å². The van der Waals surface area contributed by atoms with Gasteiger partial charge in [-0.15, -0.1) is 0 Å². The van der Waals surface area contributed by atoms with E-state index in [-0.39, 0.29) is 10.6 Å². The second-order valence-corrected chi connectivity index (χ2v) is 8.06. The van der Waals surface area contributed by atoms with Crippen LogP contribution >= 0.6 is 0 Å². The predicted molar refractivity (Wildman–Crippen MR) is 103 cm³/mol. The van der Waals surface area contributed by atoms with Gasteiger partial charge in [0.1, 0.15) is 24.0 Å². The summed E-state index contributed by atoms with van der Waals surface area (Å²) in [6.45, 7) is 1.08. The first kappa shape index (κ1) is 21.1. The van der Waals surface area contributed by atoms with Crippen LogP contribution in [-0.2, 0) is 14.3 Å². The maximum absolute atomic E-state index is 12.2. The van der Waals surface area contributed by atoms with Crippen molar-refractivity contribution in [2.24, 2.45) is 0 Å². The number of aryl methyl sites for hydroxylation is 1. The molecule has 0 radical (unpaired) electrons. The second kappa shape index (κ2) is 8.80. The molecule has 0 aliphatic carbocycles. The third kappa shape index (κ3) is 5.05. The lowest BCUT2D eigenvalue weighted by Gasteiger charge is -2.21. The molecule has 3 N–H and O–H groups in total. The molecule has 1 aromatic heterocycles. The Labute approximate surface area is 167 Å². The van der Waals surface area contributed by atoms with Gasteiger partial charge < -0.3 is 15.3 Å². The molecule has 10 heteroatoms. The van der Waals surface area contributed by atoms with Crippen LogP contribution in [0.2, 0.25) is 0 Å². The number of para-hydroxylation sites is 1. The third-order valence-corrected chi connectivity index (χ3v) is 5.52. The van der Waals surface area contributed by atoms with Crippen molar-refractivity contribution < 1.29 is 27.9 Å². The van der Waals surface area contributed by atoms with E-state index in [0.29, 0.717) is 5.69 Å². The normalized spacial score (nSPS) is 15.0. The van der Waals surface area contributed by atoms with E-state index in [1.165, 1.54) is 23.1 Å². The number of aliphatic hydroxyl groups is 3. The molecule has 0 amide bonds. The Kier molecular flexibility index (Phi) is 6.40. The number of nitrogens with zero attached hydrogens (tertiary/aromatic N) is 3. The van der Waals surface area contributed by atoms with Crippen LogP contribution in [0.25, 0.3) is 5.69 Å². The standard InChI is InChI=1S/C19H21N3O6S/c1-13-7-9-15(10-8-13)29(26,27)28-12-17(23)19(25)18(24)16-11-20-22(21-16)14-5-3-2-4-6-14/h2-11,17-19,23-25H,12H2,1H3/t17-,18-,19-/m1/s1. The minimum absolute atomic E-state index is 0.0156. The zero-order chi connectivity index (χ0) is 21.0. The first-order valence-electron chi connectivity index (χ1n) is 8.76. The minimum Gasteiger partial charge on any atom is -0.388 e. The topological polar surface area (TPSA) is 135 Å². The molecule has 0 bridgehead atoms. The number of hydrogen-bond donors (Lipinski definition) is 3. The number of hydrogen-bond acceptors (Lipinski definition) is 8. The summed E-state index contributed by atoms with van der Waals surface area (Å²) < 4.78 is 29.1. The lowest BCUT2D eigenvalue weighted by Crippen LogP contribution is -2.36. The summed E-state index contributed by atoms with van der Waals surface area (Å²) in [6.07, 6.45) is -3.75. The fourth-order valence-corrected chi connectivity index (χ4v) is 3.44. The van der Waals surface area contributed by atoms with Gasteiger partial charge in [-0.25, -0.2) is 0 Å². The second-order valence-electron chi connectivity index (χ2n) is 6.45. The van der Waals surface area contributed by atoms with Gasteiger partial charge in [-0.1, -0.05) is 35.9 Å². The molecule has 0 unspecified atom stereocenters. The molecule has 2 aromatic carbocycles. The van der Waals surface area contributed by atoms with E-state index in [9.17, 15) is 23.7 Å². The van der Waals surface area contributed by atoms with E-state index in [1.54, 1.807) is 36.4 Å². The Bertz CT molecular complexity index is 1040. The summed E-state index contributed by atoms with van der Waals surface area (Å²) in [4.78, 5) is 1.19. The molecule has 3 atom stereocenters. The van der Waals surface area contributed by atoms with Gasteiger partial charge in [0.15, 0.2) is 0 Å². The van der Waals surface area contributed by atoms with Crippen molar-refractivity contribution in [3.63, 3.8) is 0 Å². The van der Waals surface area contributed by atoms with Gasteiger partial charge in [0.05, 0.1) is 23.4 Å². The molecule has 9 nitrogen and oxygen atoms in total. The van der Waals surface area contributed by atoms with Crippen molar-refractivity contribution in [3.05, 3.63) is 72.1 Å². The van der Waals surface area contributed by atoms with Crippen LogP contribution in [0, 0.1) is 6.92 Å². The van der Waals surface area contributed by atoms with Crippen LogP contribution in [-0.4, -0.2) is 57.5 Å². The first-order valence-corrected chi connectivity index (χ1v) is 10.2. The summed E-state index contributed by atoms with van der Waals surface area (Å²) in [5, 5.41) is 38.6. The van der Waals surface area contributed by atoms with E-state index in [0.717, 1.165) is 5.56 Å². The number of aliphatic hydroxyl groups excluding tert-OH is 3. The highest BCUT2D eigenvalue weighted by molar-refractivity contribution is 7.86. The highest BCUT2D eigenvalue weighted by Gasteiger charge is 2.30. The van der Waals surface area contributed by atoms with Crippen molar-refractivity contribution in [2.75, 3.05) is 6.61 Å². The molecule has 0 aliphatic rings. The fraction of sp³-hybridized carbons (Fsp3) is 0.263. The minimum atomic E-state index is -4.11. The molecule has 3 aromatic rings. The molecule has 29 heavy (non-hydrogen) atoms. The highest BCUT2D eigenvalue weighted by atomic mass is 32.2. The Morgan fingerprint density at radius 3 is 2.34 bits per heavy atom. The highest BCUT2D eigenvalue weighted by Crippen LogP contribution is 2.19. The SMILES string of the molecule is Cc1ccc(S(=O)(=O)OC[C@@H](O)[C@@H](O)[C@H](O)c2cnn(-c3ccccc3)n2)cc1. The van der Waals surface area contributed by atoms with Crippen molar-refractivity contribution in [3.8, 4) is 5.69 Å². The number of benzene rings is 2. The molecule has 1 heterocycles. The monoisotopic (exact) mass is 419 g/mol. The van der Waals surface area contributed by atoms with Crippen LogP contribution < -0.4 is 0 Å². The average molecular weight is 419 g/mol. The molecule has 0 saturated carbocycles. The Balaban J connectivity index is 1.63. The largest absolute Gasteiger partial charge is 0.388 e. The van der Waals surface area contributed by atoms with Crippen LogP contribution in [0.5, 0.6) is 0 Å². The van der Waals surface area contributed by atoms with Crippen LogP contribution in [0.4, 0.5) is 0 Å². The molecular weight excluding hydrogens is 398 g/mol. The summed E-state index contributed by atoms with van der Waals surface area (Å²) >= 11 is 0. The molecule has 3 rings (SSSR count). The molecular formula is C19H21N3O6S. The molecule has 0 aliphatic heterocycles. The summed E-state index contributed by atoms with van der Waals surface area (Å²) in [5.74, 6) is 0. The van der Waals surface area contributed by atoms with Crippen molar-refractivity contribution >= 4 is 10.1 Å². The third-order valence-electron chi connectivity index (χ3n) is 4.22. The van der Waals surface area contributed by atoms with Crippen molar-refractivity contribution in [1.29, 1.82) is 0 Å². The summed E-state index contributed by atoms with van der Waals surface area (Å²) in [7, 11) is -4.11. The van der Waals surface area contributed by atoms with Crippen LogP contribution in [0.15, 0.2) is 65.7 Å². The van der Waals surface area contributed by atoms with Crippen molar-refractivity contribution in [1.82, 2.24) is 15.0 Å². The smallest absolute Gasteiger partial charge is 0.297 e. The quantitative estimate of drug-likeness (QED) is 0.455. The van der Waals surface area contributed by atoms with E-state index < -0.39 is 35.0 Å². The van der Waals surface area contributed by atoms with Gasteiger partial charge in [-0.2, -0.15) is 23.4 Å². The van der Waals surface area contributed by atoms with Gasteiger partial charge in [-0.05, 0) is 31.2 Å².